The molecule has 3 rings (SSSR count). The van der Waals surface area contributed by atoms with E-state index in [1.54, 1.807) is 10.9 Å². The maximum atomic E-state index is 11.5. The second-order valence-electron chi connectivity index (χ2n) is 5.34. The van der Waals surface area contributed by atoms with Gasteiger partial charge < -0.3 is 5.73 Å². The van der Waals surface area contributed by atoms with E-state index >= 15 is 0 Å². The summed E-state index contributed by atoms with van der Waals surface area (Å²) < 4.78 is 24.8. The highest BCUT2D eigenvalue weighted by Crippen LogP contribution is 2.29. The Balaban J connectivity index is 1.94. The number of sulfone groups is 1. The first-order chi connectivity index (χ1) is 9.44. The lowest BCUT2D eigenvalue weighted by Crippen LogP contribution is -2.11. The Labute approximate surface area is 118 Å². The van der Waals surface area contributed by atoms with Crippen LogP contribution in [0.2, 0.25) is 0 Å². The number of nitrogens with two attached hydrogens (primary N) is 1. The molecule has 0 spiro atoms. The van der Waals surface area contributed by atoms with Gasteiger partial charge in [0.2, 0.25) is 0 Å². The number of aromatic nitrogens is 2. The van der Waals surface area contributed by atoms with Crippen molar-refractivity contribution in [3.63, 3.8) is 0 Å². The number of rotatable bonds is 2. The van der Waals surface area contributed by atoms with E-state index in [4.69, 9.17) is 5.73 Å². The van der Waals surface area contributed by atoms with Gasteiger partial charge in [0.25, 0.3) is 0 Å². The van der Waals surface area contributed by atoms with Gasteiger partial charge in [-0.2, -0.15) is 5.10 Å². The van der Waals surface area contributed by atoms with Crippen molar-refractivity contribution in [3.8, 4) is 11.3 Å². The zero-order valence-corrected chi connectivity index (χ0v) is 12.1. The molecular weight excluding hydrogens is 274 g/mol. The Morgan fingerprint density at radius 2 is 2.00 bits per heavy atom. The average molecular weight is 291 g/mol. The molecule has 5 nitrogen and oxygen atoms in total. The molecule has 0 saturated carbocycles. The van der Waals surface area contributed by atoms with Crippen LogP contribution in [0.3, 0.4) is 0 Å². The lowest BCUT2D eigenvalue weighted by molar-refractivity contribution is 0.501. The minimum absolute atomic E-state index is 0.0958. The molecule has 1 atom stereocenters. The van der Waals surface area contributed by atoms with Crippen LogP contribution < -0.4 is 5.73 Å². The highest BCUT2D eigenvalue weighted by Gasteiger charge is 2.30. The summed E-state index contributed by atoms with van der Waals surface area (Å²) in [5.41, 5.74) is 9.44. The minimum Gasteiger partial charge on any atom is -0.396 e. The molecule has 2 N–H and O–H groups in total. The summed E-state index contributed by atoms with van der Waals surface area (Å²) in [6, 6.07) is 7.87. The van der Waals surface area contributed by atoms with Gasteiger partial charge in [0.15, 0.2) is 9.84 Å². The average Bonchev–Trinajstić information content (AvgIpc) is 2.94. The third kappa shape index (κ3) is 2.43. The van der Waals surface area contributed by atoms with E-state index < -0.39 is 9.84 Å². The van der Waals surface area contributed by atoms with Gasteiger partial charge in [-0.3, -0.25) is 4.68 Å². The Bertz CT molecular complexity index is 732. The summed E-state index contributed by atoms with van der Waals surface area (Å²) in [4.78, 5) is 0. The van der Waals surface area contributed by atoms with E-state index in [1.165, 1.54) is 5.56 Å². The molecule has 106 valence electrons. The Hall–Kier alpha value is -1.82. The molecule has 1 saturated heterocycles. The number of aryl methyl sites for hydroxylation is 1. The highest BCUT2D eigenvalue weighted by atomic mass is 32.2. The topological polar surface area (TPSA) is 78.0 Å². The van der Waals surface area contributed by atoms with Crippen LogP contribution in [0, 0.1) is 6.92 Å². The number of nitrogen functional groups attached to an aromatic ring is 1. The van der Waals surface area contributed by atoms with Crippen molar-refractivity contribution in [2.45, 2.75) is 19.4 Å². The maximum absolute atomic E-state index is 11.5. The molecule has 6 heteroatoms. The van der Waals surface area contributed by atoms with Gasteiger partial charge >= 0.3 is 0 Å². The molecule has 2 heterocycles. The van der Waals surface area contributed by atoms with Gasteiger partial charge in [-0.25, -0.2) is 8.42 Å². The van der Waals surface area contributed by atoms with Crippen LogP contribution in [0.25, 0.3) is 11.3 Å². The summed E-state index contributed by atoms with van der Waals surface area (Å²) in [5.74, 6) is 0.388. The lowest BCUT2D eigenvalue weighted by atomic mass is 10.1. The van der Waals surface area contributed by atoms with E-state index in [0.29, 0.717) is 17.8 Å². The van der Waals surface area contributed by atoms with Gasteiger partial charge in [-0.05, 0) is 13.3 Å². The van der Waals surface area contributed by atoms with Crippen molar-refractivity contribution in [2.24, 2.45) is 0 Å². The van der Waals surface area contributed by atoms with E-state index in [0.717, 1.165) is 5.56 Å². The van der Waals surface area contributed by atoms with Gasteiger partial charge in [-0.1, -0.05) is 29.8 Å². The Morgan fingerprint density at radius 1 is 1.30 bits per heavy atom. The fourth-order valence-electron chi connectivity index (χ4n) is 2.51. The summed E-state index contributed by atoms with van der Waals surface area (Å²) in [6.07, 6.45) is 2.34. The normalized spacial score (nSPS) is 21.1. The van der Waals surface area contributed by atoms with E-state index in [2.05, 4.69) is 5.10 Å². The molecule has 0 radical (unpaired) electrons. The second-order valence-corrected chi connectivity index (χ2v) is 7.56. The predicted molar refractivity (Wildman–Crippen MR) is 79.1 cm³/mol. The molecule has 1 aromatic carbocycles. The Morgan fingerprint density at radius 3 is 2.60 bits per heavy atom. The summed E-state index contributed by atoms with van der Waals surface area (Å²) in [5, 5.41) is 4.48. The summed E-state index contributed by atoms with van der Waals surface area (Å²) in [7, 11) is -2.92. The number of benzene rings is 1. The third-order valence-corrected chi connectivity index (χ3v) is 5.42. The summed E-state index contributed by atoms with van der Waals surface area (Å²) >= 11 is 0. The fourth-order valence-corrected chi connectivity index (χ4v) is 4.22. The van der Waals surface area contributed by atoms with Crippen molar-refractivity contribution < 1.29 is 8.42 Å². The monoisotopic (exact) mass is 291 g/mol. The van der Waals surface area contributed by atoms with Crippen LogP contribution in [-0.2, 0) is 9.84 Å². The molecule has 1 aliphatic heterocycles. The molecule has 20 heavy (non-hydrogen) atoms. The standard InChI is InChI=1S/C14H17N3O2S/c1-10-2-4-11(5-3-10)14-13(15)8-17(16-14)12-6-7-20(18,19)9-12/h2-5,8,12H,6-7,9,15H2,1H3. The number of anilines is 1. The molecule has 1 unspecified atom stereocenters. The van der Waals surface area contributed by atoms with E-state index in [1.807, 2.05) is 31.2 Å². The minimum atomic E-state index is -2.92. The van der Waals surface area contributed by atoms with E-state index in [9.17, 15) is 8.42 Å². The number of hydrogen-bond donors (Lipinski definition) is 1. The first-order valence-corrected chi connectivity index (χ1v) is 8.39. The van der Waals surface area contributed by atoms with Crippen molar-refractivity contribution in [1.29, 1.82) is 0 Å². The van der Waals surface area contributed by atoms with Crippen LogP contribution in [0.5, 0.6) is 0 Å². The Kier molecular flexibility index (Phi) is 3.05. The molecule has 1 aromatic heterocycles. The van der Waals surface area contributed by atoms with E-state index in [-0.39, 0.29) is 17.5 Å². The highest BCUT2D eigenvalue weighted by molar-refractivity contribution is 7.91. The first kappa shape index (κ1) is 13.2. The van der Waals surface area contributed by atoms with Crippen molar-refractivity contribution in [2.75, 3.05) is 17.2 Å². The van der Waals surface area contributed by atoms with Crippen LogP contribution in [0.4, 0.5) is 5.69 Å². The molecule has 0 aliphatic carbocycles. The van der Waals surface area contributed by atoms with Gasteiger partial charge in [0.1, 0.15) is 5.69 Å². The summed E-state index contributed by atoms with van der Waals surface area (Å²) in [6.45, 7) is 2.02. The van der Waals surface area contributed by atoms with Crippen LogP contribution in [0.1, 0.15) is 18.0 Å². The number of nitrogens with zero attached hydrogens (tertiary/aromatic N) is 2. The van der Waals surface area contributed by atoms with Gasteiger partial charge in [0, 0.05) is 11.8 Å². The third-order valence-electron chi connectivity index (χ3n) is 3.67. The molecular formula is C14H17N3O2S. The quantitative estimate of drug-likeness (QED) is 0.915. The second kappa shape index (κ2) is 4.63. The molecule has 1 fully saturated rings. The van der Waals surface area contributed by atoms with Crippen LogP contribution in [-0.4, -0.2) is 29.7 Å². The number of hydrogen-bond acceptors (Lipinski definition) is 4. The lowest BCUT2D eigenvalue weighted by Gasteiger charge is -2.07. The smallest absolute Gasteiger partial charge is 0.152 e. The SMILES string of the molecule is Cc1ccc(-c2nn(C3CCS(=O)(=O)C3)cc2N)cc1. The molecule has 1 aliphatic rings. The van der Waals surface area contributed by atoms with Crippen molar-refractivity contribution in [3.05, 3.63) is 36.0 Å². The first-order valence-electron chi connectivity index (χ1n) is 6.57. The zero-order valence-electron chi connectivity index (χ0n) is 11.3. The largest absolute Gasteiger partial charge is 0.396 e. The van der Waals surface area contributed by atoms with Crippen LogP contribution >= 0.6 is 0 Å². The molecule has 0 amide bonds. The predicted octanol–water partition coefficient (Wildman–Crippen LogP) is 1.80. The van der Waals surface area contributed by atoms with Crippen molar-refractivity contribution >= 4 is 15.5 Å². The molecule has 0 bridgehead atoms. The van der Waals surface area contributed by atoms with Crippen molar-refractivity contribution in [1.82, 2.24) is 9.78 Å². The van der Waals surface area contributed by atoms with Gasteiger partial charge in [-0.15, -0.1) is 0 Å². The van der Waals surface area contributed by atoms with Gasteiger partial charge in [0.05, 0.1) is 23.2 Å². The maximum Gasteiger partial charge on any atom is 0.152 e. The fraction of sp³-hybridized carbons (Fsp3) is 0.357. The zero-order chi connectivity index (χ0) is 14.3. The molecule has 2 aromatic rings. The van der Waals surface area contributed by atoms with Crippen LogP contribution in [0.15, 0.2) is 30.5 Å².